The van der Waals surface area contributed by atoms with Crippen LogP contribution in [0.2, 0.25) is 0 Å². The number of hydrogen-bond acceptors (Lipinski definition) is 5. The third-order valence-corrected chi connectivity index (χ3v) is 7.54. The zero-order valence-electron chi connectivity index (χ0n) is 18.2. The number of alkyl halides is 2. The van der Waals surface area contributed by atoms with Crippen LogP contribution in [-0.2, 0) is 6.54 Å². The van der Waals surface area contributed by atoms with Crippen LogP contribution in [0.25, 0.3) is 0 Å². The predicted octanol–water partition coefficient (Wildman–Crippen LogP) is 4.94. The summed E-state index contributed by atoms with van der Waals surface area (Å²) in [5, 5.41) is 7.33. The number of piperazine rings is 1. The Morgan fingerprint density at radius 2 is 1.79 bits per heavy atom. The van der Waals surface area contributed by atoms with Crippen LogP contribution < -0.4 is 4.31 Å². The van der Waals surface area contributed by atoms with Crippen molar-refractivity contribution < 1.29 is 13.2 Å². The number of anilines is 1. The van der Waals surface area contributed by atoms with Gasteiger partial charge in [0.1, 0.15) is 11.5 Å². The van der Waals surface area contributed by atoms with Crippen molar-refractivity contribution in [2.45, 2.75) is 19.4 Å². The number of benzene rings is 2. The molecule has 1 fully saturated rings. The maximum atomic E-state index is 15.1. The third-order valence-electron chi connectivity index (χ3n) is 5.73. The Morgan fingerprint density at radius 1 is 1.06 bits per heavy atom. The standard InChI is InChI=1S/C24H26F3N5S/c1-3-30-11-13-31(14-12-30)33(2)32(20-7-5-4-6-8-20)17-19-10-9-18(15-21(19)25)22-16-23(24(26)27)29-28-22/h3-10,15,24H,1-2,11-14,16-17H2. The van der Waals surface area contributed by atoms with Crippen molar-refractivity contribution >= 4 is 33.8 Å². The van der Waals surface area contributed by atoms with Crippen LogP contribution in [-0.4, -0.2) is 59.1 Å². The molecule has 2 aliphatic rings. The maximum absolute atomic E-state index is 15.1. The average Bonchev–Trinajstić information content (AvgIpc) is 3.34. The third kappa shape index (κ3) is 5.36. The Bertz CT molecular complexity index is 1080. The number of rotatable bonds is 8. The molecule has 2 aliphatic heterocycles. The van der Waals surface area contributed by atoms with Crippen LogP contribution >= 0.6 is 10.9 Å². The molecule has 0 spiro atoms. The van der Waals surface area contributed by atoms with Gasteiger partial charge in [-0.1, -0.05) is 36.9 Å². The van der Waals surface area contributed by atoms with E-state index in [-0.39, 0.29) is 12.1 Å². The van der Waals surface area contributed by atoms with E-state index in [2.05, 4.69) is 36.2 Å². The summed E-state index contributed by atoms with van der Waals surface area (Å²) in [5.41, 5.74) is 1.99. The summed E-state index contributed by atoms with van der Waals surface area (Å²) in [6.07, 6.45) is -0.863. The smallest absolute Gasteiger partial charge is 0.278 e. The molecule has 0 amide bonds. The average molecular weight is 474 g/mol. The summed E-state index contributed by atoms with van der Waals surface area (Å²) in [7, 11) is -0.525. The largest absolute Gasteiger partial charge is 0.375 e. The Kier molecular flexibility index (Phi) is 7.29. The van der Waals surface area contributed by atoms with Crippen LogP contribution in [0.3, 0.4) is 0 Å². The van der Waals surface area contributed by atoms with Crippen molar-refractivity contribution in [3.8, 4) is 0 Å². The predicted molar refractivity (Wildman–Crippen MR) is 132 cm³/mol. The highest BCUT2D eigenvalue weighted by molar-refractivity contribution is 8.13. The summed E-state index contributed by atoms with van der Waals surface area (Å²) >= 11 is 0. The molecule has 0 saturated carbocycles. The van der Waals surface area contributed by atoms with E-state index in [1.807, 2.05) is 36.5 Å². The van der Waals surface area contributed by atoms with Gasteiger partial charge in [-0.3, -0.25) is 0 Å². The van der Waals surface area contributed by atoms with Gasteiger partial charge in [0.25, 0.3) is 6.43 Å². The van der Waals surface area contributed by atoms with Gasteiger partial charge in [-0.25, -0.2) is 17.5 Å². The molecule has 0 aliphatic carbocycles. The Morgan fingerprint density at radius 3 is 2.39 bits per heavy atom. The first-order chi connectivity index (χ1) is 16.0. The lowest BCUT2D eigenvalue weighted by molar-refractivity contribution is 0.224. The minimum absolute atomic E-state index is 0.0639. The molecule has 4 rings (SSSR count). The number of para-hydroxylation sites is 1. The van der Waals surface area contributed by atoms with Crippen molar-refractivity contribution in [2.75, 3.05) is 30.5 Å². The molecule has 1 atom stereocenters. The highest BCUT2D eigenvalue weighted by Crippen LogP contribution is 2.33. The quantitative estimate of drug-likeness (QED) is 0.510. The first-order valence-electron chi connectivity index (χ1n) is 10.6. The van der Waals surface area contributed by atoms with Crippen LogP contribution in [0.1, 0.15) is 17.5 Å². The fraction of sp³-hybridized carbons (Fsp3) is 0.292. The second-order valence-corrected chi connectivity index (χ2v) is 9.42. The molecule has 5 nitrogen and oxygen atoms in total. The van der Waals surface area contributed by atoms with E-state index < -0.39 is 23.1 Å². The summed E-state index contributed by atoms with van der Waals surface area (Å²) < 4.78 is 45.2. The molecular formula is C24H26F3N5S. The molecule has 2 heterocycles. The van der Waals surface area contributed by atoms with Gasteiger partial charge in [-0.15, -0.1) is 0 Å². The van der Waals surface area contributed by atoms with Crippen LogP contribution in [0, 0.1) is 5.82 Å². The summed E-state index contributed by atoms with van der Waals surface area (Å²) in [6, 6.07) is 14.6. The van der Waals surface area contributed by atoms with Crippen molar-refractivity contribution in [2.24, 2.45) is 10.2 Å². The van der Waals surface area contributed by atoms with E-state index in [0.717, 1.165) is 31.9 Å². The van der Waals surface area contributed by atoms with E-state index in [4.69, 9.17) is 0 Å². The van der Waals surface area contributed by atoms with Gasteiger partial charge in [0.05, 0.1) is 12.3 Å². The van der Waals surface area contributed by atoms with Crippen molar-refractivity contribution in [3.63, 3.8) is 0 Å². The molecule has 174 valence electrons. The van der Waals surface area contributed by atoms with Crippen molar-refractivity contribution in [1.82, 2.24) is 9.21 Å². The second kappa shape index (κ2) is 10.4. The number of hydrogen-bond donors (Lipinski definition) is 0. The van der Waals surface area contributed by atoms with E-state index in [9.17, 15) is 8.78 Å². The topological polar surface area (TPSA) is 34.4 Å². The van der Waals surface area contributed by atoms with E-state index >= 15 is 4.39 Å². The minimum Gasteiger partial charge on any atom is -0.375 e. The minimum atomic E-state index is -2.65. The first kappa shape index (κ1) is 23.3. The zero-order chi connectivity index (χ0) is 23.4. The van der Waals surface area contributed by atoms with E-state index in [0.29, 0.717) is 23.4 Å². The fourth-order valence-electron chi connectivity index (χ4n) is 3.78. The maximum Gasteiger partial charge on any atom is 0.278 e. The molecule has 33 heavy (non-hydrogen) atoms. The van der Waals surface area contributed by atoms with Gasteiger partial charge < -0.3 is 9.21 Å². The highest BCUT2D eigenvalue weighted by atomic mass is 32.2. The van der Waals surface area contributed by atoms with Crippen LogP contribution in [0.4, 0.5) is 18.9 Å². The summed E-state index contributed by atoms with van der Waals surface area (Å²) in [6.45, 7) is 7.60. The molecule has 1 saturated heterocycles. The first-order valence-corrected chi connectivity index (χ1v) is 12.0. The number of nitrogens with zero attached hydrogens (tertiary/aromatic N) is 5. The molecule has 0 bridgehead atoms. The van der Waals surface area contributed by atoms with Gasteiger partial charge >= 0.3 is 0 Å². The Balaban J connectivity index is 1.53. The molecule has 1 unspecified atom stereocenters. The number of halogens is 3. The zero-order valence-corrected chi connectivity index (χ0v) is 19.0. The molecular weight excluding hydrogens is 447 g/mol. The van der Waals surface area contributed by atoms with Crippen molar-refractivity contribution in [3.05, 3.63) is 78.3 Å². The SMILES string of the molecule is C=CN1CCN(S(=C)N(Cc2ccc(C3=NN=C(C(F)F)C3)cc2F)c2ccccc2)CC1. The fourth-order valence-corrected chi connectivity index (χ4v) is 5.29. The monoisotopic (exact) mass is 473 g/mol. The van der Waals surface area contributed by atoms with Gasteiger partial charge in [-0.05, 0) is 41.1 Å². The molecule has 9 heteroatoms. The van der Waals surface area contributed by atoms with Crippen molar-refractivity contribution in [1.29, 1.82) is 0 Å². The molecule has 0 N–H and O–H groups in total. The second-order valence-electron chi connectivity index (χ2n) is 7.78. The molecule has 0 radical (unpaired) electrons. The Labute approximate surface area is 194 Å². The lowest BCUT2D eigenvalue weighted by Crippen LogP contribution is -2.43. The van der Waals surface area contributed by atoms with Gasteiger partial charge in [-0.2, -0.15) is 10.2 Å². The van der Waals surface area contributed by atoms with Gasteiger partial charge in [0.2, 0.25) is 0 Å². The van der Waals surface area contributed by atoms with Gasteiger partial charge in [0.15, 0.2) is 0 Å². The van der Waals surface area contributed by atoms with Crippen LogP contribution in [0.15, 0.2) is 71.5 Å². The Hall–Kier alpha value is -2.91. The summed E-state index contributed by atoms with van der Waals surface area (Å²) in [5.74, 6) is 4.02. The molecule has 2 aromatic rings. The summed E-state index contributed by atoms with van der Waals surface area (Å²) in [4.78, 5) is 2.17. The molecule has 2 aromatic carbocycles. The van der Waals surface area contributed by atoms with E-state index in [1.165, 1.54) is 6.07 Å². The normalized spacial score (nSPS) is 17.6. The molecule has 0 aromatic heterocycles. The van der Waals surface area contributed by atoms with Crippen LogP contribution in [0.5, 0.6) is 0 Å². The highest BCUT2D eigenvalue weighted by Gasteiger charge is 2.24. The van der Waals surface area contributed by atoms with E-state index in [1.54, 1.807) is 12.1 Å². The van der Waals surface area contributed by atoms with Gasteiger partial charge in [0, 0.05) is 49.4 Å². The lowest BCUT2D eigenvalue weighted by Gasteiger charge is -2.40. The lowest BCUT2D eigenvalue weighted by atomic mass is 10.0.